The molecule has 0 fully saturated rings. The SMILES string of the molecule is CC(=O)SCCC(NC(=O)OC(C)(C)C)C(=O)OC(C)(C)C. The molecule has 0 saturated carbocycles. The zero-order valence-corrected chi connectivity index (χ0v) is 15.3. The van der Waals surface area contributed by atoms with Crippen LogP contribution < -0.4 is 5.32 Å². The standard InChI is InChI=1S/C15H27NO5S/c1-10(17)22-9-8-11(12(18)20-14(2,3)4)16-13(19)21-15(5,6)7/h11H,8-9H2,1-7H3,(H,16,19). The van der Waals surface area contributed by atoms with Crippen molar-refractivity contribution >= 4 is 28.9 Å². The van der Waals surface area contributed by atoms with Crippen LogP contribution in [-0.2, 0) is 19.1 Å². The minimum atomic E-state index is -0.846. The predicted octanol–water partition coefficient (Wildman–Crippen LogP) is 2.89. The molecule has 0 aliphatic rings. The van der Waals surface area contributed by atoms with Gasteiger partial charge in [-0.15, -0.1) is 0 Å². The lowest BCUT2D eigenvalue weighted by Gasteiger charge is -2.26. The van der Waals surface area contributed by atoms with E-state index in [9.17, 15) is 14.4 Å². The summed E-state index contributed by atoms with van der Waals surface area (Å²) >= 11 is 1.10. The van der Waals surface area contributed by atoms with Crippen LogP contribution >= 0.6 is 11.8 Å². The average molecular weight is 333 g/mol. The Balaban J connectivity index is 4.74. The van der Waals surface area contributed by atoms with Crippen molar-refractivity contribution < 1.29 is 23.9 Å². The van der Waals surface area contributed by atoms with Crippen LogP contribution in [0.4, 0.5) is 4.79 Å². The molecular formula is C15H27NO5S. The topological polar surface area (TPSA) is 81.7 Å². The van der Waals surface area contributed by atoms with Crippen molar-refractivity contribution in [1.29, 1.82) is 0 Å². The van der Waals surface area contributed by atoms with E-state index in [4.69, 9.17) is 9.47 Å². The number of hydrogen-bond donors (Lipinski definition) is 1. The third-order valence-electron chi connectivity index (χ3n) is 2.09. The van der Waals surface area contributed by atoms with Crippen molar-refractivity contribution in [2.75, 3.05) is 5.75 Å². The quantitative estimate of drug-likeness (QED) is 0.779. The normalized spacial score (nSPS) is 13.2. The summed E-state index contributed by atoms with van der Waals surface area (Å²) in [6.45, 7) is 11.9. The first-order valence-electron chi connectivity index (χ1n) is 7.16. The van der Waals surface area contributed by atoms with Crippen LogP contribution in [0, 0.1) is 0 Å². The summed E-state index contributed by atoms with van der Waals surface area (Å²) in [5, 5.41) is 2.47. The minimum absolute atomic E-state index is 0.0415. The second kappa shape index (κ2) is 8.41. The fourth-order valence-corrected chi connectivity index (χ4v) is 2.03. The van der Waals surface area contributed by atoms with E-state index < -0.39 is 29.3 Å². The molecular weight excluding hydrogens is 306 g/mol. The summed E-state index contributed by atoms with van der Waals surface area (Å²) in [5.41, 5.74) is -1.31. The summed E-state index contributed by atoms with van der Waals surface area (Å²) in [5.74, 6) is -0.128. The molecule has 0 rings (SSSR count). The van der Waals surface area contributed by atoms with E-state index in [0.717, 1.165) is 11.8 Å². The molecule has 22 heavy (non-hydrogen) atoms. The van der Waals surface area contributed by atoms with Crippen LogP contribution in [0.25, 0.3) is 0 Å². The van der Waals surface area contributed by atoms with Gasteiger partial charge in [0.2, 0.25) is 0 Å². The Kier molecular flexibility index (Phi) is 7.93. The van der Waals surface area contributed by atoms with Gasteiger partial charge in [-0.3, -0.25) is 4.79 Å². The van der Waals surface area contributed by atoms with E-state index >= 15 is 0 Å². The van der Waals surface area contributed by atoms with Crippen LogP contribution in [0.15, 0.2) is 0 Å². The molecule has 0 saturated heterocycles. The molecule has 1 unspecified atom stereocenters. The van der Waals surface area contributed by atoms with E-state index in [2.05, 4.69) is 5.32 Å². The minimum Gasteiger partial charge on any atom is -0.458 e. The Morgan fingerprint density at radius 3 is 1.91 bits per heavy atom. The Labute approximate surface area is 136 Å². The van der Waals surface area contributed by atoms with Crippen LogP contribution in [0.2, 0.25) is 0 Å². The van der Waals surface area contributed by atoms with Gasteiger partial charge in [-0.25, -0.2) is 9.59 Å². The van der Waals surface area contributed by atoms with Crippen molar-refractivity contribution in [2.24, 2.45) is 0 Å². The number of esters is 1. The number of rotatable bonds is 5. The largest absolute Gasteiger partial charge is 0.458 e. The number of amides is 1. The highest BCUT2D eigenvalue weighted by molar-refractivity contribution is 8.13. The molecule has 0 radical (unpaired) electrons. The van der Waals surface area contributed by atoms with Gasteiger partial charge in [0.15, 0.2) is 5.12 Å². The van der Waals surface area contributed by atoms with E-state index in [1.54, 1.807) is 41.5 Å². The molecule has 0 bridgehead atoms. The van der Waals surface area contributed by atoms with Crippen LogP contribution in [0.3, 0.4) is 0 Å². The number of nitrogens with one attached hydrogen (secondary N) is 1. The van der Waals surface area contributed by atoms with Gasteiger partial charge < -0.3 is 14.8 Å². The zero-order valence-electron chi connectivity index (χ0n) is 14.4. The maximum Gasteiger partial charge on any atom is 0.408 e. The molecule has 0 aromatic carbocycles. The molecule has 0 spiro atoms. The Hall–Kier alpha value is -1.24. The predicted molar refractivity (Wildman–Crippen MR) is 86.8 cm³/mol. The van der Waals surface area contributed by atoms with Gasteiger partial charge in [-0.05, 0) is 48.0 Å². The summed E-state index contributed by atoms with van der Waals surface area (Å²) < 4.78 is 10.4. The second-order valence-electron chi connectivity index (χ2n) is 6.86. The number of carbonyl (C=O) groups is 3. The van der Waals surface area contributed by atoms with Crippen molar-refractivity contribution in [3.63, 3.8) is 0 Å². The Bertz CT molecular complexity index is 409. The molecule has 0 aromatic heterocycles. The lowest BCUT2D eigenvalue weighted by atomic mass is 10.1. The number of hydrogen-bond acceptors (Lipinski definition) is 6. The van der Waals surface area contributed by atoms with E-state index in [1.807, 2.05) is 0 Å². The second-order valence-corrected chi connectivity index (χ2v) is 8.13. The zero-order chi connectivity index (χ0) is 17.6. The number of alkyl carbamates (subject to hydrolysis) is 1. The fraction of sp³-hybridized carbons (Fsp3) is 0.800. The van der Waals surface area contributed by atoms with Crippen molar-refractivity contribution in [3.05, 3.63) is 0 Å². The molecule has 0 heterocycles. The molecule has 0 aliphatic carbocycles. The average Bonchev–Trinajstić information content (AvgIpc) is 2.21. The Morgan fingerprint density at radius 1 is 1.00 bits per heavy atom. The smallest absolute Gasteiger partial charge is 0.408 e. The number of carbonyl (C=O) groups excluding carboxylic acids is 3. The number of thioether (sulfide) groups is 1. The molecule has 1 N–H and O–H groups in total. The first-order valence-corrected chi connectivity index (χ1v) is 8.14. The maximum atomic E-state index is 12.1. The fourth-order valence-electron chi connectivity index (χ4n) is 1.39. The van der Waals surface area contributed by atoms with Crippen molar-refractivity contribution in [1.82, 2.24) is 5.32 Å². The molecule has 6 nitrogen and oxygen atoms in total. The third kappa shape index (κ3) is 11.4. The molecule has 128 valence electrons. The first-order chi connectivity index (χ1) is 9.80. The summed E-state index contributed by atoms with van der Waals surface area (Å²) in [6.07, 6.45) is -0.394. The van der Waals surface area contributed by atoms with E-state index in [0.29, 0.717) is 12.2 Å². The summed E-state index contributed by atoms with van der Waals surface area (Å²) in [7, 11) is 0. The molecule has 0 aliphatic heterocycles. The van der Waals surface area contributed by atoms with Crippen molar-refractivity contribution in [2.45, 2.75) is 72.1 Å². The molecule has 0 aromatic rings. The monoisotopic (exact) mass is 333 g/mol. The highest BCUT2D eigenvalue weighted by Gasteiger charge is 2.28. The van der Waals surface area contributed by atoms with Crippen LogP contribution in [0.5, 0.6) is 0 Å². The van der Waals surface area contributed by atoms with Crippen LogP contribution in [0.1, 0.15) is 54.9 Å². The van der Waals surface area contributed by atoms with Gasteiger partial charge in [0.25, 0.3) is 0 Å². The first kappa shape index (κ1) is 20.8. The van der Waals surface area contributed by atoms with Crippen LogP contribution in [-0.4, -0.2) is 40.2 Å². The highest BCUT2D eigenvalue weighted by atomic mass is 32.2. The lowest BCUT2D eigenvalue weighted by molar-refractivity contribution is -0.157. The van der Waals surface area contributed by atoms with Gasteiger partial charge in [-0.1, -0.05) is 11.8 Å². The van der Waals surface area contributed by atoms with Gasteiger partial charge in [0, 0.05) is 12.7 Å². The maximum absolute atomic E-state index is 12.1. The van der Waals surface area contributed by atoms with Crippen molar-refractivity contribution in [3.8, 4) is 0 Å². The van der Waals surface area contributed by atoms with Gasteiger partial charge in [-0.2, -0.15) is 0 Å². The third-order valence-corrected chi connectivity index (χ3v) is 2.94. The van der Waals surface area contributed by atoms with E-state index in [-0.39, 0.29) is 5.12 Å². The van der Waals surface area contributed by atoms with E-state index in [1.165, 1.54) is 6.92 Å². The molecule has 1 atom stereocenters. The Morgan fingerprint density at radius 2 is 1.50 bits per heavy atom. The molecule has 1 amide bonds. The van der Waals surface area contributed by atoms with Gasteiger partial charge >= 0.3 is 12.1 Å². The molecule has 7 heteroatoms. The summed E-state index contributed by atoms with van der Waals surface area (Å²) in [6, 6.07) is -0.846. The van der Waals surface area contributed by atoms with Gasteiger partial charge in [0.05, 0.1) is 0 Å². The highest BCUT2D eigenvalue weighted by Crippen LogP contribution is 2.13. The lowest BCUT2D eigenvalue weighted by Crippen LogP contribution is -2.46. The number of ether oxygens (including phenoxy) is 2. The summed E-state index contributed by atoms with van der Waals surface area (Å²) in [4.78, 5) is 34.9. The van der Waals surface area contributed by atoms with Gasteiger partial charge in [0.1, 0.15) is 17.2 Å².